The van der Waals surface area contributed by atoms with Crippen LogP contribution in [0, 0.1) is 5.92 Å². The zero-order chi connectivity index (χ0) is 15.3. The Morgan fingerprint density at radius 2 is 1.95 bits per heavy atom. The van der Waals surface area contributed by atoms with Gasteiger partial charge in [0.15, 0.2) is 0 Å². The van der Waals surface area contributed by atoms with Gasteiger partial charge in [-0.3, -0.25) is 4.79 Å². The number of amides is 1. The van der Waals surface area contributed by atoms with Crippen LogP contribution in [0.1, 0.15) is 45.4 Å². The molecular formula is C15H25NO4S. The molecule has 21 heavy (non-hydrogen) atoms. The van der Waals surface area contributed by atoms with E-state index in [0.717, 1.165) is 30.8 Å². The number of nitrogens with one attached hydrogen (secondary N) is 1. The molecule has 1 saturated heterocycles. The maximum Gasteiger partial charge on any atom is 0.329 e. The zero-order valence-electron chi connectivity index (χ0n) is 12.6. The molecule has 2 rings (SSSR count). The smallest absolute Gasteiger partial charge is 0.329 e. The summed E-state index contributed by atoms with van der Waals surface area (Å²) in [6.45, 7) is 2.12. The zero-order valence-corrected chi connectivity index (χ0v) is 13.4. The summed E-state index contributed by atoms with van der Waals surface area (Å²) in [6, 6.07) is 0. The summed E-state index contributed by atoms with van der Waals surface area (Å²) in [6.07, 6.45) is 5.61. The average molecular weight is 315 g/mol. The first kappa shape index (κ1) is 16.6. The second-order valence-corrected chi connectivity index (χ2v) is 7.38. The largest absolute Gasteiger partial charge is 0.480 e. The Labute approximate surface area is 130 Å². The Bertz CT molecular complexity index is 382. The van der Waals surface area contributed by atoms with Crippen LogP contribution in [0.25, 0.3) is 0 Å². The van der Waals surface area contributed by atoms with Crippen LogP contribution >= 0.6 is 11.8 Å². The van der Waals surface area contributed by atoms with E-state index in [0.29, 0.717) is 18.8 Å². The van der Waals surface area contributed by atoms with Gasteiger partial charge in [-0.1, -0.05) is 19.8 Å². The van der Waals surface area contributed by atoms with Crippen LogP contribution in [0.2, 0.25) is 0 Å². The van der Waals surface area contributed by atoms with Crippen molar-refractivity contribution < 1.29 is 19.4 Å². The van der Waals surface area contributed by atoms with Crippen molar-refractivity contribution in [1.82, 2.24) is 5.32 Å². The molecule has 1 saturated carbocycles. The Morgan fingerprint density at radius 3 is 2.57 bits per heavy atom. The minimum absolute atomic E-state index is 0.0306. The SMILES string of the molecule is CC1CCCCC1OCC(=O)NC1(C(=O)O)CCSCC1. The monoisotopic (exact) mass is 315 g/mol. The predicted molar refractivity (Wildman–Crippen MR) is 82.4 cm³/mol. The average Bonchev–Trinajstić information content (AvgIpc) is 2.47. The van der Waals surface area contributed by atoms with Crippen LogP contribution in [-0.4, -0.2) is 46.7 Å². The maximum absolute atomic E-state index is 12.1. The Balaban J connectivity index is 1.83. The molecule has 0 bridgehead atoms. The molecule has 5 nitrogen and oxygen atoms in total. The van der Waals surface area contributed by atoms with E-state index < -0.39 is 11.5 Å². The fourth-order valence-corrected chi connectivity index (χ4v) is 4.32. The van der Waals surface area contributed by atoms with Crippen LogP contribution < -0.4 is 5.32 Å². The Kier molecular flexibility index (Phi) is 5.93. The summed E-state index contributed by atoms with van der Waals surface area (Å²) in [4.78, 5) is 23.6. The molecule has 0 radical (unpaired) electrons. The molecule has 2 unspecified atom stereocenters. The van der Waals surface area contributed by atoms with Crippen molar-refractivity contribution in [1.29, 1.82) is 0 Å². The topological polar surface area (TPSA) is 75.6 Å². The van der Waals surface area contributed by atoms with E-state index in [9.17, 15) is 14.7 Å². The molecule has 0 spiro atoms. The van der Waals surface area contributed by atoms with Crippen molar-refractivity contribution >= 4 is 23.6 Å². The van der Waals surface area contributed by atoms with Gasteiger partial charge in [-0.25, -0.2) is 4.79 Å². The van der Waals surface area contributed by atoms with E-state index in [4.69, 9.17) is 4.74 Å². The Hall–Kier alpha value is -0.750. The van der Waals surface area contributed by atoms with Gasteiger partial charge in [0.25, 0.3) is 0 Å². The highest BCUT2D eigenvalue weighted by atomic mass is 32.2. The molecule has 2 aliphatic rings. The summed E-state index contributed by atoms with van der Waals surface area (Å²) < 4.78 is 5.71. The van der Waals surface area contributed by atoms with E-state index >= 15 is 0 Å². The molecule has 0 aromatic carbocycles. The number of thioether (sulfide) groups is 1. The first-order chi connectivity index (χ1) is 10.0. The number of carboxylic acids is 1. The van der Waals surface area contributed by atoms with Crippen LogP contribution in [0.3, 0.4) is 0 Å². The highest BCUT2D eigenvalue weighted by Crippen LogP contribution is 2.28. The molecule has 2 fully saturated rings. The third kappa shape index (κ3) is 4.36. The molecular weight excluding hydrogens is 290 g/mol. The highest BCUT2D eigenvalue weighted by molar-refractivity contribution is 7.99. The lowest BCUT2D eigenvalue weighted by molar-refractivity contribution is -0.149. The number of carbonyl (C=O) groups excluding carboxylic acids is 1. The number of ether oxygens (including phenoxy) is 1. The van der Waals surface area contributed by atoms with Gasteiger partial charge in [-0.15, -0.1) is 0 Å². The molecule has 6 heteroatoms. The van der Waals surface area contributed by atoms with Crippen molar-refractivity contribution in [2.75, 3.05) is 18.1 Å². The van der Waals surface area contributed by atoms with E-state index in [1.807, 2.05) is 0 Å². The number of hydrogen-bond acceptors (Lipinski definition) is 4. The third-order valence-corrected chi connectivity index (χ3v) is 5.58. The molecule has 0 aromatic heterocycles. The van der Waals surface area contributed by atoms with Crippen LogP contribution in [-0.2, 0) is 14.3 Å². The van der Waals surface area contributed by atoms with Crippen molar-refractivity contribution in [3.05, 3.63) is 0 Å². The van der Waals surface area contributed by atoms with E-state index in [1.54, 1.807) is 11.8 Å². The van der Waals surface area contributed by atoms with Gasteiger partial charge in [-0.05, 0) is 43.1 Å². The van der Waals surface area contributed by atoms with Gasteiger partial charge in [0.2, 0.25) is 5.91 Å². The summed E-state index contributed by atoms with van der Waals surface area (Å²) in [5.74, 6) is 0.788. The molecule has 1 aliphatic carbocycles. The van der Waals surface area contributed by atoms with Gasteiger partial charge in [0.05, 0.1) is 6.10 Å². The Morgan fingerprint density at radius 1 is 1.29 bits per heavy atom. The van der Waals surface area contributed by atoms with Gasteiger partial charge in [-0.2, -0.15) is 11.8 Å². The van der Waals surface area contributed by atoms with Crippen molar-refractivity contribution in [3.63, 3.8) is 0 Å². The van der Waals surface area contributed by atoms with Gasteiger partial charge in [0.1, 0.15) is 12.1 Å². The van der Waals surface area contributed by atoms with Crippen molar-refractivity contribution in [3.8, 4) is 0 Å². The summed E-state index contributed by atoms with van der Waals surface area (Å²) in [5.41, 5.74) is -1.09. The highest BCUT2D eigenvalue weighted by Gasteiger charge is 2.41. The lowest BCUT2D eigenvalue weighted by Gasteiger charge is -2.34. The quantitative estimate of drug-likeness (QED) is 0.812. The molecule has 1 amide bonds. The normalized spacial score (nSPS) is 28.8. The number of carboxylic acid groups (broad SMARTS) is 1. The van der Waals surface area contributed by atoms with Gasteiger partial charge >= 0.3 is 5.97 Å². The molecule has 2 N–H and O–H groups in total. The number of aliphatic carboxylic acids is 1. The number of hydrogen-bond donors (Lipinski definition) is 2. The number of carbonyl (C=O) groups is 2. The first-order valence-electron chi connectivity index (χ1n) is 7.77. The molecule has 0 aromatic rings. The number of rotatable bonds is 5. The molecule has 2 atom stereocenters. The van der Waals surface area contributed by atoms with E-state index in [-0.39, 0.29) is 18.6 Å². The second-order valence-electron chi connectivity index (χ2n) is 6.16. The van der Waals surface area contributed by atoms with Gasteiger partial charge in [0, 0.05) is 0 Å². The van der Waals surface area contributed by atoms with Crippen LogP contribution in [0.15, 0.2) is 0 Å². The maximum atomic E-state index is 12.1. The fourth-order valence-electron chi connectivity index (χ4n) is 3.13. The molecule has 1 heterocycles. The van der Waals surface area contributed by atoms with Gasteiger partial charge < -0.3 is 15.2 Å². The van der Waals surface area contributed by atoms with Crippen LogP contribution in [0.4, 0.5) is 0 Å². The van der Waals surface area contributed by atoms with Crippen molar-refractivity contribution in [2.45, 2.75) is 57.1 Å². The summed E-state index contributed by atoms with van der Waals surface area (Å²) in [5, 5.41) is 12.1. The predicted octanol–water partition coefficient (Wildman–Crippen LogP) is 2.05. The summed E-state index contributed by atoms with van der Waals surface area (Å²) in [7, 11) is 0. The summed E-state index contributed by atoms with van der Waals surface area (Å²) >= 11 is 1.73. The lowest BCUT2D eigenvalue weighted by Crippen LogP contribution is -2.57. The van der Waals surface area contributed by atoms with E-state index in [1.165, 1.54) is 6.42 Å². The first-order valence-corrected chi connectivity index (χ1v) is 8.93. The molecule has 120 valence electrons. The lowest BCUT2D eigenvalue weighted by atomic mass is 9.88. The minimum atomic E-state index is -1.09. The standard InChI is InChI=1S/C15H25NO4S/c1-11-4-2-3-5-12(11)20-10-13(17)16-15(14(18)19)6-8-21-9-7-15/h11-12H,2-10H2,1H3,(H,16,17)(H,18,19). The van der Waals surface area contributed by atoms with E-state index in [2.05, 4.69) is 12.2 Å². The van der Waals surface area contributed by atoms with Crippen molar-refractivity contribution in [2.24, 2.45) is 5.92 Å². The molecule has 1 aliphatic heterocycles. The third-order valence-electron chi connectivity index (χ3n) is 4.60. The fraction of sp³-hybridized carbons (Fsp3) is 0.867. The second kappa shape index (κ2) is 7.49. The minimum Gasteiger partial charge on any atom is -0.480 e. The van der Waals surface area contributed by atoms with Crippen LogP contribution in [0.5, 0.6) is 0 Å².